The van der Waals surface area contributed by atoms with Crippen molar-refractivity contribution in [2.75, 3.05) is 13.1 Å². The first kappa shape index (κ1) is 18.4. The first-order chi connectivity index (χ1) is 9.94. The topological polar surface area (TPSA) is 41.3 Å². The van der Waals surface area contributed by atoms with Crippen LogP contribution in [0.15, 0.2) is 18.2 Å². The third-order valence-electron chi connectivity index (χ3n) is 4.61. The van der Waals surface area contributed by atoms with E-state index in [4.69, 9.17) is 17.4 Å². The van der Waals surface area contributed by atoms with Gasteiger partial charge in [-0.15, -0.1) is 0 Å². The van der Waals surface area contributed by atoms with E-state index in [0.29, 0.717) is 6.42 Å². The van der Waals surface area contributed by atoms with Gasteiger partial charge in [-0.3, -0.25) is 16.2 Å². The number of hydrogen-bond donors (Lipinski definition) is 2. The van der Waals surface area contributed by atoms with Crippen molar-refractivity contribution in [1.82, 2.24) is 10.3 Å². The number of nitrogens with one attached hydrogen (secondary N) is 1. The summed E-state index contributed by atoms with van der Waals surface area (Å²) in [6.07, 6.45) is 1.53. The summed E-state index contributed by atoms with van der Waals surface area (Å²) in [6, 6.07) is 4.90. The van der Waals surface area contributed by atoms with Crippen molar-refractivity contribution in [3.8, 4) is 0 Å². The minimum atomic E-state index is -0.383. The molecule has 0 aliphatic heterocycles. The molecule has 120 valence electrons. The van der Waals surface area contributed by atoms with Gasteiger partial charge in [-0.05, 0) is 44.5 Å². The Morgan fingerprint density at radius 2 is 1.95 bits per heavy atom. The predicted molar refractivity (Wildman–Crippen MR) is 87.8 cm³/mol. The quantitative estimate of drug-likeness (QED) is 0.571. The summed E-state index contributed by atoms with van der Waals surface area (Å²) in [5, 5.41) is 0.191. The van der Waals surface area contributed by atoms with E-state index in [1.54, 1.807) is 6.07 Å². The number of nitrogens with zero attached hydrogens (tertiary/aromatic N) is 1. The molecule has 0 radical (unpaired) electrons. The largest absolute Gasteiger partial charge is 0.297 e. The lowest BCUT2D eigenvalue weighted by Gasteiger charge is -2.45. The molecule has 3 nitrogen and oxygen atoms in total. The molecule has 0 amide bonds. The van der Waals surface area contributed by atoms with Gasteiger partial charge in [0.1, 0.15) is 5.82 Å². The number of nitrogens with two attached hydrogens (primary N) is 1. The minimum absolute atomic E-state index is 0.0123. The van der Waals surface area contributed by atoms with Gasteiger partial charge in [0.2, 0.25) is 0 Å². The number of hydrogen-bond acceptors (Lipinski definition) is 3. The fourth-order valence-corrected chi connectivity index (χ4v) is 3.22. The van der Waals surface area contributed by atoms with Gasteiger partial charge in [0.25, 0.3) is 0 Å². The van der Waals surface area contributed by atoms with Crippen LogP contribution in [-0.2, 0) is 6.42 Å². The molecule has 2 unspecified atom stereocenters. The molecule has 0 heterocycles. The zero-order valence-corrected chi connectivity index (χ0v) is 14.2. The normalized spacial score (nSPS) is 16.0. The smallest absolute Gasteiger partial charge is 0.142 e. The number of halogens is 2. The molecule has 0 aliphatic carbocycles. The summed E-state index contributed by atoms with van der Waals surface area (Å²) in [6.45, 7) is 10.5. The monoisotopic (exact) mass is 315 g/mol. The first-order valence-electron chi connectivity index (χ1n) is 7.58. The summed E-state index contributed by atoms with van der Waals surface area (Å²) in [4.78, 5) is 2.38. The Morgan fingerprint density at radius 1 is 1.33 bits per heavy atom. The summed E-state index contributed by atoms with van der Waals surface area (Å²) in [7, 11) is 0. The van der Waals surface area contributed by atoms with Gasteiger partial charge in [0.15, 0.2) is 0 Å². The fraction of sp³-hybridized carbons (Fsp3) is 0.625. The van der Waals surface area contributed by atoms with Gasteiger partial charge in [0.05, 0.1) is 5.02 Å². The van der Waals surface area contributed by atoms with Gasteiger partial charge in [0, 0.05) is 11.6 Å². The molecule has 0 saturated carbocycles. The first-order valence-corrected chi connectivity index (χ1v) is 7.96. The Labute approximate surface area is 132 Å². The van der Waals surface area contributed by atoms with Crippen molar-refractivity contribution < 1.29 is 4.39 Å². The van der Waals surface area contributed by atoms with Crippen molar-refractivity contribution in [2.24, 2.45) is 5.84 Å². The molecule has 5 heteroatoms. The molecular weight excluding hydrogens is 289 g/mol. The Balaban J connectivity index is 3.08. The molecule has 1 aromatic carbocycles. The third kappa shape index (κ3) is 3.95. The van der Waals surface area contributed by atoms with Crippen LogP contribution in [-0.4, -0.2) is 29.6 Å². The van der Waals surface area contributed by atoms with Crippen molar-refractivity contribution in [3.05, 3.63) is 34.6 Å². The minimum Gasteiger partial charge on any atom is -0.297 e. The molecule has 1 rings (SSSR count). The second kappa shape index (κ2) is 8.08. The van der Waals surface area contributed by atoms with E-state index in [-0.39, 0.29) is 22.4 Å². The summed E-state index contributed by atoms with van der Waals surface area (Å²) < 4.78 is 13.6. The predicted octanol–water partition coefficient (Wildman–Crippen LogP) is 3.36. The molecule has 0 aromatic heterocycles. The number of hydrazine groups is 1. The lowest BCUT2D eigenvalue weighted by atomic mass is 9.83. The van der Waals surface area contributed by atoms with Crippen LogP contribution < -0.4 is 11.3 Å². The van der Waals surface area contributed by atoms with E-state index in [9.17, 15) is 4.39 Å². The van der Waals surface area contributed by atoms with Crippen LogP contribution in [0.1, 0.15) is 39.7 Å². The SMILES string of the molecule is CCN(CC)C(C)(CC)C(Cc1cccc(F)c1Cl)NN. The zero-order chi connectivity index (χ0) is 16.0. The van der Waals surface area contributed by atoms with Gasteiger partial charge >= 0.3 is 0 Å². The number of benzene rings is 1. The van der Waals surface area contributed by atoms with Crippen LogP contribution >= 0.6 is 11.6 Å². The average Bonchev–Trinajstić information content (AvgIpc) is 2.49. The molecule has 0 saturated heterocycles. The van der Waals surface area contributed by atoms with Gasteiger partial charge in [-0.1, -0.05) is 44.5 Å². The Hall–Kier alpha value is -0.680. The molecule has 2 atom stereocenters. The molecule has 0 fully saturated rings. The van der Waals surface area contributed by atoms with Crippen molar-refractivity contribution in [2.45, 2.75) is 52.1 Å². The third-order valence-corrected chi connectivity index (χ3v) is 5.03. The Morgan fingerprint density at radius 3 is 2.43 bits per heavy atom. The number of likely N-dealkylation sites (N-methyl/N-ethyl adjacent to an activating group) is 1. The zero-order valence-electron chi connectivity index (χ0n) is 13.4. The molecular formula is C16H27ClFN3. The summed E-state index contributed by atoms with van der Waals surface area (Å²) in [5.41, 5.74) is 3.58. The highest BCUT2D eigenvalue weighted by Crippen LogP contribution is 2.28. The second-order valence-corrected chi connectivity index (χ2v) is 5.90. The van der Waals surface area contributed by atoms with Crippen LogP contribution in [0.2, 0.25) is 5.02 Å². The maximum Gasteiger partial charge on any atom is 0.142 e. The number of rotatable bonds is 8. The molecule has 1 aromatic rings. The lowest BCUT2D eigenvalue weighted by molar-refractivity contribution is 0.0701. The van der Waals surface area contributed by atoms with Crippen LogP contribution in [0.3, 0.4) is 0 Å². The molecule has 0 bridgehead atoms. The molecule has 21 heavy (non-hydrogen) atoms. The van der Waals surface area contributed by atoms with Crippen LogP contribution in [0.25, 0.3) is 0 Å². The lowest BCUT2D eigenvalue weighted by Crippen LogP contribution is -2.61. The highest BCUT2D eigenvalue weighted by atomic mass is 35.5. The summed E-state index contributed by atoms with van der Waals surface area (Å²) in [5.74, 6) is 5.42. The van der Waals surface area contributed by atoms with Gasteiger partial charge in [-0.2, -0.15) is 0 Å². The van der Waals surface area contributed by atoms with E-state index < -0.39 is 0 Å². The maximum atomic E-state index is 13.6. The molecule has 3 N–H and O–H groups in total. The highest BCUT2D eigenvalue weighted by molar-refractivity contribution is 6.31. The summed E-state index contributed by atoms with van der Waals surface area (Å²) >= 11 is 6.08. The van der Waals surface area contributed by atoms with Crippen LogP contribution in [0.5, 0.6) is 0 Å². The maximum absolute atomic E-state index is 13.6. The highest BCUT2D eigenvalue weighted by Gasteiger charge is 2.36. The Kier molecular flexibility index (Phi) is 7.07. The van der Waals surface area contributed by atoms with E-state index in [1.807, 2.05) is 6.07 Å². The van der Waals surface area contributed by atoms with Crippen LogP contribution in [0, 0.1) is 5.82 Å². The van der Waals surface area contributed by atoms with Crippen LogP contribution in [0.4, 0.5) is 4.39 Å². The van der Waals surface area contributed by atoms with E-state index >= 15 is 0 Å². The average molecular weight is 316 g/mol. The van der Waals surface area contributed by atoms with E-state index in [1.165, 1.54) is 6.07 Å². The van der Waals surface area contributed by atoms with E-state index in [0.717, 1.165) is 25.1 Å². The fourth-order valence-electron chi connectivity index (χ4n) is 3.02. The van der Waals surface area contributed by atoms with Gasteiger partial charge in [-0.25, -0.2) is 4.39 Å². The van der Waals surface area contributed by atoms with E-state index in [2.05, 4.69) is 38.0 Å². The second-order valence-electron chi connectivity index (χ2n) is 5.52. The van der Waals surface area contributed by atoms with Crippen molar-refractivity contribution >= 4 is 11.6 Å². The Bertz CT molecular complexity index is 451. The molecule has 0 aliphatic rings. The van der Waals surface area contributed by atoms with Gasteiger partial charge < -0.3 is 0 Å². The van der Waals surface area contributed by atoms with Crippen molar-refractivity contribution in [3.63, 3.8) is 0 Å². The molecule has 0 spiro atoms. The standard InChI is InChI=1S/C16H27ClFN3/c1-5-16(4,21(6-2)7-3)14(20-19)11-12-9-8-10-13(18)15(12)17/h8-10,14,20H,5-7,11,19H2,1-4H3. The van der Waals surface area contributed by atoms with Crippen molar-refractivity contribution in [1.29, 1.82) is 0 Å².